The number of hydrazine groups is 1. The molecule has 0 spiro atoms. The van der Waals surface area contributed by atoms with Gasteiger partial charge in [-0.2, -0.15) is 0 Å². The van der Waals surface area contributed by atoms with Crippen LogP contribution in [0.1, 0.15) is 26.5 Å². The lowest BCUT2D eigenvalue weighted by atomic mass is 10.2. The monoisotopic (exact) mass is 289 g/mol. The Morgan fingerprint density at radius 3 is 2.86 bits per heavy atom. The maximum absolute atomic E-state index is 13.6. The van der Waals surface area contributed by atoms with Crippen LogP contribution in [0.25, 0.3) is 0 Å². The lowest BCUT2D eigenvalue weighted by Gasteiger charge is -2.08. The summed E-state index contributed by atoms with van der Waals surface area (Å²) in [6.07, 6.45) is 0.545. The minimum atomic E-state index is -0.643. The maximum atomic E-state index is 13.6. The molecule has 0 aliphatic heterocycles. The quantitative estimate of drug-likeness (QED) is 0.373. The fraction of sp³-hybridized carbons (Fsp3) is 0.0714. The van der Waals surface area contributed by atoms with Gasteiger partial charge in [0.15, 0.2) is 11.6 Å². The van der Waals surface area contributed by atoms with Crippen molar-refractivity contribution in [3.05, 3.63) is 59.2 Å². The highest BCUT2D eigenvalue weighted by molar-refractivity contribution is 5.91. The van der Waals surface area contributed by atoms with Gasteiger partial charge in [0, 0.05) is 5.56 Å². The van der Waals surface area contributed by atoms with E-state index < -0.39 is 11.7 Å². The second kappa shape index (κ2) is 6.58. The summed E-state index contributed by atoms with van der Waals surface area (Å²) in [6.45, 7) is -0.0248. The van der Waals surface area contributed by atoms with Crippen molar-refractivity contribution in [2.45, 2.75) is 6.61 Å². The predicted molar refractivity (Wildman–Crippen MR) is 72.0 cm³/mol. The Labute approximate surface area is 119 Å². The molecular weight excluding hydrogens is 277 g/mol. The molecule has 108 valence electrons. The Bertz CT molecular complexity index is 676. The lowest BCUT2D eigenvalue weighted by Crippen LogP contribution is -2.30. The van der Waals surface area contributed by atoms with E-state index in [1.54, 1.807) is 12.1 Å². The van der Waals surface area contributed by atoms with E-state index in [9.17, 15) is 14.0 Å². The molecule has 0 saturated heterocycles. The summed E-state index contributed by atoms with van der Waals surface area (Å²) in [5, 5.41) is 0. The average molecular weight is 289 g/mol. The van der Waals surface area contributed by atoms with Crippen LogP contribution < -0.4 is 16.0 Å². The molecule has 0 bridgehead atoms. The number of nitrogens with one attached hydrogen (secondary N) is 1. The number of aromatic nitrogens is 1. The van der Waals surface area contributed by atoms with Gasteiger partial charge in [0.2, 0.25) is 0 Å². The first-order valence-corrected chi connectivity index (χ1v) is 5.98. The van der Waals surface area contributed by atoms with Gasteiger partial charge in [0.25, 0.3) is 5.91 Å². The molecule has 0 saturated carbocycles. The van der Waals surface area contributed by atoms with Gasteiger partial charge >= 0.3 is 0 Å². The van der Waals surface area contributed by atoms with Crippen LogP contribution in [0, 0.1) is 5.82 Å². The van der Waals surface area contributed by atoms with Crippen molar-refractivity contribution in [2.24, 2.45) is 5.84 Å². The van der Waals surface area contributed by atoms with Crippen LogP contribution in [-0.4, -0.2) is 17.2 Å². The topological polar surface area (TPSA) is 94.3 Å². The third kappa shape index (κ3) is 3.61. The largest absolute Gasteiger partial charge is 0.484 e. The Balaban J connectivity index is 2.09. The Morgan fingerprint density at radius 1 is 1.38 bits per heavy atom. The molecule has 0 atom stereocenters. The number of aldehydes is 1. The highest BCUT2D eigenvalue weighted by atomic mass is 19.1. The molecule has 1 amide bonds. The first kappa shape index (κ1) is 14.6. The van der Waals surface area contributed by atoms with E-state index in [-0.39, 0.29) is 23.6 Å². The fourth-order valence-corrected chi connectivity index (χ4v) is 1.62. The number of hydrogen-bond donors (Lipinski definition) is 2. The number of benzene rings is 1. The van der Waals surface area contributed by atoms with E-state index >= 15 is 0 Å². The molecule has 21 heavy (non-hydrogen) atoms. The third-order valence-corrected chi connectivity index (χ3v) is 2.64. The van der Waals surface area contributed by atoms with Crippen molar-refractivity contribution in [2.75, 3.05) is 0 Å². The highest BCUT2D eigenvalue weighted by Crippen LogP contribution is 2.18. The molecule has 6 nitrogen and oxygen atoms in total. The summed E-state index contributed by atoms with van der Waals surface area (Å²) in [5.74, 6) is 3.84. The van der Waals surface area contributed by atoms with Crippen LogP contribution in [0.15, 0.2) is 36.4 Å². The van der Waals surface area contributed by atoms with Crippen LogP contribution in [0.5, 0.6) is 5.75 Å². The number of hydrogen-bond acceptors (Lipinski definition) is 5. The van der Waals surface area contributed by atoms with Crippen LogP contribution in [-0.2, 0) is 6.61 Å². The smallest absolute Gasteiger partial charge is 0.283 e. The van der Waals surface area contributed by atoms with Gasteiger partial charge in [-0.15, -0.1) is 0 Å². The van der Waals surface area contributed by atoms with Crippen molar-refractivity contribution >= 4 is 12.2 Å². The van der Waals surface area contributed by atoms with Gasteiger partial charge in [-0.25, -0.2) is 15.2 Å². The maximum Gasteiger partial charge on any atom is 0.283 e. The number of carbonyl (C=O) groups excluding carboxylic acids is 2. The molecule has 2 aromatic rings. The number of ether oxygens (including phenoxy) is 1. The number of amides is 1. The van der Waals surface area contributed by atoms with Gasteiger partial charge in [0.05, 0.1) is 5.69 Å². The van der Waals surface area contributed by atoms with Gasteiger partial charge in [-0.1, -0.05) is 6.07 Å². The zero-order valence-corrected chi connectivity index (χ0v) is 10.9. The molecule has 0 aliphatic carbocycles. The van der Waals surface area contributed by atoms with Crippen molar-refractivity contribution in [3.63, 3.8) is 0 Å². The molecule has 0 fully saturated rings. The van der Waals surface area contributed by atoms with Gasteiger partial charge < -0.3 is 4.74 Å². The van der Waals surface area contributed by atoms with Gasteiger partial charge in [0.1, 0.15) is 18.6 Å². The minimum Gasteiger partial charge on any atom is -0.484 e. The van der Waals surface area contributed by atoms with Crippen LogP contribution in [0.2, 0.25) is 0 Å². The summed E-state index contributed by atoms with van der Waals surface area (Å²) < 4.78 is 18.9. The summed E-state index contributed by atoms with van der Waals surface area (Å²) in [4.78, 5) is 25.9. The van der Waals surface area contributed by atoms with Crippen molar-refractivity contribution < 1.29 is 18.7 Å². The molecule has 1 aromatic carbocycles. The highest BCUT2D eigenvalue weighted by Gasteiger charge is 2.08. The van der Waals surface area contributed by atoms with E-state index in [1.165, 1.54) is 18.2 Å². The Kier molecular flexibility index (Phi) is 4.57. The second-order valence-corrected chi connectivity index (χ2v) is 4.08. The second-order valence-electron chi connectivity index (χ2n) is 4.08. The molecule has 7 heteroatoms. The van der Waals surface area contributed by atoms with Gasteiger partial charge in [-0.05, 0) is 30.3 Å². The summed E-state index contributed by atoms with van der Waals surface area (Å²) >= 11 is 0. The summed E-state index contributed by atoms with van der Waals surface area (Å²) in [7, 11) is 0. The normalized spacial score (nSPS) is 10.0. The van der Waals surface area contributed by atoms with E-state index in [0.717, 1.165) is 6.07 Å². The van der Waals surface area contributed by atoms with E-state index in [2.05, 4.69) is 4.98 Å². The number of nitrogens with zero attached hydrogens (tertiary/aromatic N) is 1. The number of rotatable bonds is 5. The number of halogens is 1. The van der Waals surface area contributed by atoms with E-state index in [0.29, 0.717) is 12.0 Å². The molecule has 3 N–H and O–H groups in total. The van der Waals surface area contributed by atoms with Crippen molar-refractivity contribution in [1.29, 1.82) is 0 Å². The standard InChI is InChI=1S/C14H12FN3O3/c15-11-6-9(7-19)4-5-13(11)21-8-10-2-1-3-12(17-10)14(20)18-16/h1-7H,8,16H2,(H,18,20). The number of carbonyl (C=O) groups is 2. The number of pyridine rings is 1. The van der Waals surface area contributed by atoms with Crippen molar-refractivity contribution in [1.82, 2.24) is 10.4 Å². The molecule has 2 rings (SSSR count). The Morgan fingerprint density at radius 2 is 2.19 bits per heavy atom. The molecule has 0 radical (unpaired) electrons. The first-order chi connectivity index (χ1) is 10.1. The summed E-state index contributed by atoms with van der Waals surface area (Å²) in [5.41, 5.74) is 2.76. The Hall–Kier alpha value is -2.80. The molecule has 1 aromatic heterocycles. The SMILES string of the molecule is NNC(=O)c1cccc(COc2ccc(C=O)cc2F)n1. The minimum absolute atomic E-state index is 0.00363. The fourth-order valence-electron chi connectivity index (χ4n) is 1.62. The lowest BCUT2D eigenvalue weighted by molar-refractivity contribution is 0.0948. The number of nitrogen functional groups attached to an aromatic ring is 1. The van der Waals surface area contributed by atoms with Gasteiger partial charge in [-0.3, -0.25) is 15.0 Å². The molecule has 0 unspecified atom stereocenters. The average Bonchev–Trinajstić information content (AvgIpc) is 2.53. The zero-order valence-electron chi connectivity index (χ0n) is 10.9. The van der Waals surface area contributed by atoms with E-state index in [1.807, 2.05) is 5.43 Å². The molecule has 0 aliphatic rings. The first-order valence-electron chi connectivity index (χ1n) is 5.98. The summed E-state index contributed by atoms with van der Waals surface area (Å²) in [6, 6.07) is 8.61. The molecule has 1 heterocycles. The van der Waals surface area contributed by atoms with Crippen LogP contribution in [0.4, 0.5) is 4.39 Å². The van der Waals surface area contributed by atoms with Crippen LogP contribution >= 0.6 is 0 Å². The third-order valence-electron chi connectivity index (χ3n) is 2.64. The van der Waals surface area contributed by atoms with Crippen LogP contribution in [0.3, 0.4) is 0 Å². The zero-order chi connectivity index (χ0) is 15.2. The predicted octanol–water partition coefficient (Wildman–Crippen LogP) is 1.22. The molecular formula is C14H12FN3O3. The van der Waals surface area contributed by atoms with Crippen molar-refractivity contribution in [3.8, 4) is 5.75 Å². The number of nitrogens with two attached hydrogens (primary N) is 1. The van der Waals surface area contributed by atoms with E-state index in [4.69, 9.17) is 10.6 Å².